The molecule has 0 atom stereocenters. The van der Waals surface area contributed by atoms with Crippen LogP contribution in [0.4, 0.5) is 5.69 Å². The molecule has 0 saturated heterocycles. The Balaban J connectivity index is 1.93. The van der Waals surface area contributed by atoms with Crippen LogP contribution in [-0.2, 0) is 0 Å². The fraction of sp³-hybridized carbons (Fsp3) is 0.0800. The number of nitrogens with two attached hydrogens (primary N) is 2. The Morgan fingerprint density at radius 3 is 1.64 bits per heavy atom. The lowest BCUT2D eigenvalue weighted by Crippen LogP contribution is -2.22. The molecule has 3 nitrogen and oxygen atoms in total. The molecule has 0 bridgehead atoms. The number of aliphatic imine (C=N–C) groups is 1. The fourth-order valence-corrected chi connectivity index (χ4v) is 2.50. The van der Waals surface area contributed by atoms with Gasteiger partial charge in [0.15, 0.2) is 5.96 Å². The van der Waals surface area contributed by atoms with Crippen LogP contribution in [0.15, 0.2) is 71.7 Å². The average molecular weight is 363 g/mol. The van der Waals surface area contributed by atoms with Crippen LogP contribution in [-0.4, -0.2) is 5.96 Å². The highest BCUT2D eigenvalue weighted by Crippen LogP contribution is 2.20. The first-order valence-corrected chi connectivity index (χ1v) is 8.91. The lowest BCUT2D eigenvalue weighted by atomic mass is 10.1. The van der Waals surface area contributed by atoms with Crippen LogP contribution in [0, 0.1) is 37.5 Å². The van der Waals surface area contributed by atoms with E-state index < -0.39 is 0 Å². The summed E-state index contributed by atoms with van der Waals surface area (Å²) in [5.74, 6) is 12.6. The second kappa shape index (κ2) is 8.62. The summed E-state index contributed by atoms with van der Waals surface area (Å²) < 4.78 is 0. The molecule has 0 aliphatic rings. The number of nitrogens with zero attached hydrogens (tertiary/aromatic N) is 1. The van der Waals surface area contributed by atoms with Gasteiger partial charge in [-0.25, -0.2) is 4.99 Å². The van der Waals surface area contributed by atoms with E-state index in [0.29, 0.717) is 5.69 Å². The predicted molar refractivity (Wildman–Crippen MR) is 116 cm³/mol. The summed E-state index contributed by atoms with van der Waals surface area (Å²) in [5, 5.41) is 0. The van der Waals surface area contributed by atoms with Crippen molar-refractivity contribution in [2.75, 3.05) is 0 Å². The molecule has 0 fully saturated rings. The van der Waals surface area contributed by atoms with Gasteiger partial charge in [0.1, 0.15) is 0 Å². The highest BCUT2D eigenvalue weighted by atomic mass is 15.0. The molecule has 136 valence electrons. The van der Waals surface area contributed by atoms with E-state index in [-0.39, 0.29) is 5.96 Å². The molecule has 4 N–H and O–H groups in total. The Morgan fingerprint density at radius 1 is 0.643 bits per heavy atom. The van der Waals surface area contributed by atoms with Crippen LogP contribution < -0.4 is 11.5 Å². The van der Waals surface area contributed by atoms with E-state index in [1.54, 1.807) is 0 Å². The Morgan fingerprint density at radius 2 is 1.11 bits per heavy atom. The lowest BCUT2D eigenvalue weighted by molar-refractivity contribution is 1.40. The maximum atomic E-state index is 5.59. The van der Waals surface area contributed by atoms with E-state index in [1.807, 2.05) is 73.7 Å². The number of hydrogen-bond acceptors (Lipinski definition) is 1. The van der Waals surface area contributed by atoms with Gasteiger partial charge in [-0.3, -0.25) is 0 Å². The Labute approximate surface area is 166 Å². The van der Waals surface area contributed by atoms with Gasteiger partial charge < -0.3 is 11.5 Å². The van der Waals surface area contributed by atoms with Gasteiger partial charge in [-0.1, -0.05) is 59.1 Å². The first kappa shape index (κ1) is 18.8. The van der Waals surface area contributed by atoms with Gasteiger partial charge >= 0.3 is 0 Å². The van der Waals surface area contributed by atoms with E-state index in [0.717, 1.165) is 22.3 Å². The minimum absolute atomic E-state index is 0.0120. The van der Waals surface area contributed by atoms with Crippen molar-refractivity contribution in [2.24, 2.45) is 16.5 Å². The number of guanidine groups is 1. The van der Waals surface area contributed by atoms with E-state index in [1.165, 1.54) is 11.1 Å². The molecule has 0 aliphatic heterocycles. The Kier molecular flexibility index (Phi) is 5.80. The van der Waals surface area contributed by atoms with Crippen molar-refractivity contribution in [2.45, 2.75) is 13.8 Å². The standard InChI is InChI=1S/C25H21N3/c1-18-3-7-20(8-4-18)11-12-22-14-16-23(24(17-22)28-25(26)27)15-13-21-9-5-19(2)6-10-21/h3-10,14,16-17H,1-2H3,(H4,26,27,28). The summed E-state index contributed by atoms with van der Waals surface area (Å²) in [4.78, 5) is 4.21. The molecule has 28 heavy (non-hydrogen) atoms. The molecule has 0 spiro atoms. The largest absolute Gasteiger partial charge is 0.370 e. The number of hydrogen-bond donors (Lipinski definition) is 2. The average Bonchev–Trinajstić information content (AvgIpc) is 2.67. The van der Waals surface area contributed by atoms with E-state index >= 15 is 0 Å². The highest BCUT2D eigenvalue weighted by Gasteiger charge is 2.01. The van der Waals surface area contributed by atoms with Crippen LogP contribution in [0.1, 0.15) is 33.4 Å². The molecule has 0 aromatic heterocycles. The first-order valence-electron chi connectivity index (χ1n) is 8.91. The Hall–Kier alpha value is -3.95. The van der Waals surface area contributed by atoms with Crippen molar-refractivity contribution in [3.8, 4) is 23.7 Å². The molecule has 0 amide bonds. The van der Waals surface area contributed by atoms with Gasteiger partial charge in [-0.2, -0.15) is 0 Å². The number of benzene rings is 3. The van der Waals surface area contributed by atoms with Gasteiger partial charge in [-0.15, -0.1) is 0 Å². The third-order valence-electron chi connectivity index (χ3n) is 4.04. The van der Waals surface area contributed by atoms with Crippen LogP contribution in [0.3, 0.4) is 0 Å². The topological polar surface area (TPSA) is 64.4 Å². The minimum Gasteiger partial charge on any atom is -0.370 e. The van der Waals surface area contributed by atoms with Crippen LogP contribution in [0.25, 0.3) is 0 Å². The predicted octanol–water partition coefficient (Wildman–Crippen LogP) is 4.01. The van der Waals surface area contributed by atoms with Gasteiger partial charge in [-0.05, 0) is 56.3 Å². The molecule has 0 heterocycles. The van der Waals surface area contributed by atoms with Crippen LogP contribution >= 0.6 is 0 Å². The maximum absolute atomic E-state index is 5.59. The summed E-state index contributed by atoms with van der Waals surface area (Å²) in [6, 6.07) is 21.8. The van der Waals surface area contributed by atoms with E-state index in [2.05, 4.69) is 35.6 Å². The maximum Gasteiger partial charge on any atom is 0.191 e. The highest BCUT2D eigenvalue weighted by molar-refractivity contribution is 5.80. The van der Waals surface area contributed by atoms with Crippen molar-refractivity contribution >= 4 is 11.6 Å². The summed E-state index contributed by atoms with van der Waals surface area (Å²) in [5.41, 5.74) is 17.6. The third kappa shape index (κ3) is 5.27. The van der Waals surface area contributed by atoms with E-state index in [9.17, 15) is 0 Å². The van der Waals surface area contributed by atoms with E-state index in [4.69, 9.17) is 11.5 Å². The molecule has 3 heteroatoms. The summed E-state index contributed by atoms with van der Waals surface area (Å²) in [7, 11) is 0. The zero-order valence-electron chi connectivity index (χ0n) is 16.0. The first-order chi connectivity index (χ1) is 13.5. The summed E-state index contributed by atoms with van der Waals surface area (Å²) in [6.45, 7) is 4.10. The molecule has 0 radical (unpaired) electrons. The molecule has 0 saturated carbocycles. The lowest BCUT2D eigenvalue weighted by Gasteiger charge is -2.01. The van der Waals surface area contributed by atoms with Gasteiger partial charge in [0.05, 0.1) is 11.3 Å². The van der Waals surface area contributed by atoms with Crippen molar-refractivity contribution in [3.05, 3.63) is 100 Å². The molecule has 0 aliphatic carbocycles. The zero-order chi connectivity index (χ0) is 19.9. The fourth-order valence-electron chi connectivity index (χ4n) is 2.50. The van der Waals surface area contributed by atoms with Crippen molar-refractivity contribution in [3.63, 3.8) is 0 Å². The quantitative estimate of drug-likeness (QED) is 0.390. The molecular weight excluding hydrogens is 342 g/mol. The number of rotatable bonds is 1. The second-order valence-corrected chi connectivity index (χ2v) is 6.50. The third-order valence-corrected chi connectivity index (χ3v) is 4.04. The van der Waals surface area contributed by atoms with Crippen LogP contribution in [0.2, 0.25) is 0 Å². The minimum atomic E-state index is -0.0120. The number of aryl methyl sites for hydroxylation is 2. The van der Waals surface area contributed by atoms with Crippen molar-refractivity contribution in [1.29, 1.82) is 0 Å². The molecule has 3 aromatic carbocycles. The summed E-state index contributed by atoms with van der Waals surface area (Å²) in [6.07, 6.45) is 0. The van der Waals surface area contributed by atoms with Gasteiger partial charge in [0.25, 0.3) is 0 Å². The Bertz CT molecular complexity index is 1130. The smallest absolute Gasteiger partial charge is 0.191 e. The molecule has 3 rings (SSSR count). The molecule has 0 unspecified atom stereocenters. The zero-order valence-corrected chi connectivity index (χ0v) is 16.0. The summed E-state index contributed by atoms with van der Waals surface area (Å²) >= 11 is 0. The monoisotopic (exact) mass is 363 g/mol. The molecule has 3 aromatic rings. The van der Waals surface area contributed by atoms with Gasteiger partial charge in [0, 0.05) is 16.7 Å². The normalized spacial score (nSPS) is 9.50. The SMILES string of the molecule is Cc1ccc(C#Cc2ccc(C#Cc3ccc(C)cc3)c(N=C(N)N)c2)cc1. The van der Waals surface area contributed by atoms with Crippen LogP contribution in [0.5, 0.6) is 0 Å². The van der Waals surface area contributed by atoms with Crippen molar-refractivity contribution < 1.29 is 0 Å². The van der Waals surface area contributed by atoms with Crippen molar-refractivity contribution in [1.82, 2.24) is 0 Å². The second-order valence-electron chi connectivity index (χ2n) is 6.50. The molecular formula is C25H21N3. The van der Waals surface area contributed by atoms with Gasteiger partial charge in [0.2, 0.25) is 0 Å².